The minimum Gasteiger partial charge on any atom is -0.494 e. The lowest BCUT2D eigenvalue weighted by Gasteiger charge is -2.11. The second-order valence-corrected chi connectivity index (χ2v) is 8.53. The fourth-order valence-electron chi connectivity index (χ4n) is 3.53. The summed E-state index contributed by atoms with van der Waals surface area (Å²) in [6.07, 6.45) is 0.555. The number of fused-ring (bicyclic) bond motifs is 1. The third kappa shape index (κ3) is 4.22. The van der Waals surface area contributed by atoms with Crippen molar-refractivity contribution in [1.29, 1.82) is 5.26 Å². The summed E-state index contributed by atoms with van der Waals surface area (Å²) in [4.78, 5) is 0. The molecule has 1 N–H and O–H groups in total. The van der Waals surface area contributed by atoms with Crippen LogP contribution in [0.5, 0.6) is 5.75 Å². The number of sulfonamides is 1. The van der Waals surface area contributed by atoms with Gasteiger partial charge in [0.1, 0.15) is 11.8 Å². The molecule has 7 heteroatoms. The molecule has 0 atom stereocenters. The van der Waals surface area contributed by atoms with E-state index in [-0.39, 0.29) is 5.75 Å². The Labute approximate surface area is 171 Å². The van der Waals surface area contributed by atoms with E-state index in [1.165, 1.54) is 0 Å². The molecule has 0 aliphatic heterocycles. The van der Waals surface area contributed by atoms with Crippen molar-refractivity contribution in [2.75, 3.05) is 17.1 Å². The van der Waals surface area contributed by atoms with Gasteiger partial charge in [-0.15, -0.1) is 0 Å². The molecular formula is C22H25N3O3S. The first-order valence-corrected chi connectivity index (χ1v) is 11.4. The van der Waals surface area contributed by atoms with Crippen LogP contribution in [-0.2, 0) is 16.6 Å². The number of rotatable bonds is 8. The SMILES string of the molecule is CCCS(=O)(=O)Nc1ccc(-c2c(C#N)c3cc(OCC)ccc3n2CC)cc1. The number of nitrogens with one attached hydrogen (secondary N) is 1. The van der Waals surface area contributed by atoms with Gasteiger partial charge in [0.2, 0.25) is 10.0 Å². The summed E-state index contributed by atoms with van der Waals surface area (Å²) in [6, 6.07) is 15.3. The molecule has 0 saturated carbocycles. The first-order valence-electron chi connectivity index (χ1n) is 9.74. The van der Waals surface area contributed by atoms with Crippen molar-refractivity contribution < 1.29 is 13.2 Å². The summed E-state index contributed by atoms with van der Waals surface area (Å²) in [5.74, 6) is 0.816. The molecule has 0 amide bonds. The molecule has 6 nitrogen and oxygen atoms in total. The Morgan fingerprint density at radius 3 is 2.41 bits per heavy atom. The maximum Gasteiger partial charge on any atom is 0.232 e. The number of aromatic nitrogens is 1. The quantitative estimate of drug-likeness (QED) is 0.580. The van der Waals surface area contributed by atoms with Gasteiger partial charge in [-0.1, -0.05) is 19.1 Å². The molecule has 0 aliphatic carbocycles. The van der Waals surface area contributed by atoms with Crippen LogP contribution in [0.3, 0.4) is 0 Å². The topological polar surface area (TPSA) is 84.1 Å². The van der Waals surface area contributed by atoms with Crippen LogP contribution in [0.4, 0.5) is 5.69 Å². The van der Waals surface area contributed by atoms with E-state index in [0.717, 1.165) is 27.9 Å². The molecule has 152 valence electrons. The fraction of sp³-hybridized carbons (Fsp3) is 0.318. The van der Waals surface area contributed by atoms with Crippen LogP contribution in [0.1, 0.15) is 32.8 Å². The van der Waals surface area contributed by atoms with Gasteiger partial charge in [-0.2, -0.15) is 5.26 Å². The summed E-state index contributed by atoms with van der Waals surface area (Å²) in [5, 5.41) is 10.7. The number of anilines is 1. The number of benzene rings is 2. The van der Waals surface area contributed by atoms with Crippen molar-refractivity contribution in [3.8, 4) is 23.1 Å². The van der Waals surface area contributed by atoms with Crippen molar-refractivity contribution in [1.82, 2.24) is 4.57 Å². The van der Waals surface area contributed by atoms with Gasteiger partial charge in [-0.3, -0.25) is 4.72 Å². The highest BCUT2D eigenvalue weighted by Crippen LogP contribution is 2.35. The highest BCUT2D eigenvalue weighted by molar-refractivity contribution is 7.92. The summed E-state index contributed by atoms with van der Waals surface area (Å²) < 4.78 is 34.3. The van der Waals surface area contributed by atoms with E-state index >= 15 is 0 Å². The number of ether oxygens (including phenoxy) is 1. The number of nitriles is 1. The number of nitrogens with zero attached hydrogens (tertiary/aromatic N) is 2. The van der Waals surface area contributed by atoms with Crippen LogP contribution in [0.25, 0.3) is 22.2 Å². The zero-order valence-corrected chi connectivity index (χ0v) is 17.7. The Kier molecular flexibility index (Phi) is 6.14. The number of hydrogen-bond donors (Lipinski definition) is 1. The second-order valence-electron chi connectivity index (χ2n) is 6.69. The van der Waals surface area contributed by atoms with Gasteiger partial charge < -0.3 is 9.30 Å². The first kappa shape index (κ1) is 20.7. The van der Waals surface area contributed by atoms with E-state index in [1.54, 1.807) is 12.1 Å². The monoisotopic (exact) mass is 411 g/mol. The molecule has 29 heavy (non-hydrogen) atoms. The predicted octanol–water partition coefficient (Wildman–Crippen LogP) is 4.75. The van der Waals surface area contributed by atoms with Gasteiger partial charge in [0.25, 0.3) is 0 Å². The van der Waals surface area contributed by atoms with Gasteiger partial charge in [0.05, 0.1) is 29.1 Å². The Morgan fingerprint density at radius 2 is 1.83 bits per heavy atom. The summed E-state index contributed by atoms with van der Waals surface area (Å²) >= 11 is 0. The lowest BCUT2D eigenvalue weighted by molar-refractivity contribution is 0.340. The molecule has 0 bridgehead atoms. The maximum atomic E-state index is 12.0. The van der Waals surface area contributed by atoms with Crippen LogP contribution >= 0.6 is 0 Å². The molecule has 3 rings (SSSR count). The normalized spacial score (nSPS) is 11.4. The summed E-state index contributed by atoms with van der Waals surface area (Å²) in [5.41, 5.74) is 3.74. The standard InChI is InChI=1S/C22H25N3O3S/c1-4-13-29(26,27)24-17-9-7-16(8-10-17)22-20(15-23)19-14-18(28-6-3)11-12-21(19)25(22)5-2/h7-12,14,24H,4-6,13H2,1-3H3. The molecule has 0 saturated heterocycles. The molecule has 1 aromatic heterocycles. The first-order chi connectivity index (χ1) is 13.9. The zero-order valence-electron chi connectivity index (χ0n) is 16.9. The Bertz CT molecular complexity index is 1160. The van der Waals surface area contributed by atoms with Gasteiger partial charge >= 0.3 is 0 Å². The minimum absolute atomic E-state index is 0.0829. The third-order valence-corrected chi connectivity index (χ3v) is 6.17. The molecule has 0 aliphatic rings. The van der Waals surface area contributed by atoms with E-state index in [1.807, 2.05) is 51.1 Å². The summed E-state index contributed by atoms with van der Waals surface area (Å²) in [6.45, 7) is 7.05. The highest BCUT2D eigenvalue weighted by atomic mass is 32.2. The minimum atomic E-state index is -3.34. The van der Waals surface area contributed by atoms with Crippen LogP contribution in [0.2, 0.25) is 0 Å². The molecular weight excluding hydrogens is 386 g/mol. The Balaban J connectivity index is 2.08. The van der Waals surface area contributed by atoms with Gasteiger partial charge in [0, 0.05) is 17.6 Å². The van der Waals surface area contributed by atoms with Crippen LogP contribution < -0.4 is 9.46 Å². The van der Waals surface area contributed by atoms with Crippen molar-refractivity contribution in [2.24, 2.45) is 0 Å². The van der Waals surface area contributed by atoms with Crippen molar-refractivity contribution in [3.05, 3.63) is 48.0 Å². The number of hydrogen-bond acceptors (Lipinski definition) is 4. The third-order valence-electron chi connectivity index (χ3n) is 4.68. The highest BCUT2D eigenvalue weighted by Gasteiger charge is 2.19. The van der Waals surface area contributed by atoms with Crippen molar-refractivity contribution in [2.45, 2.75) is 33.7 Å². The van der Waals surface area contributed by atoms with E-state index in [0.29, 0.717) is 30.8 Å². The molecule has 3 aromatic rings. The molecule has 0 radical (unpaired) electrons. The van der Waals surface area contributed by atoms with Crippen LogP contribution in [0.15, 0.2) is 42.5 Å². The lowest BCUT2D eigenvalue weighted by atomic mass is 10.1. The van der Waals surface area contributed by atoms with E-state index in [4.69, 9.17) is 4.74 Å². The maximum absolute atomic E-state index is 12.0. The Morgan fingerprint density at radius 1 is 1.10 bits per heavy atom. The molecule has 1 heterocycles. The van der Waals surface area contributed by atoms with Crippen LogP contribution in [-0.4, -0.2) is 25.3 Å². The average molecular weight is 412 g/mol. The number of aryl methyl sites for hydroxylation is 1. The predicted molar refractivity (Wildman–Crippen MR) is 117 cm³/mol. The van der Waals surface area contributed by atoms with Gasteiger partial charge in [-0.05, 0) is 56.2 Å². The lowest BCUT2D eigenvalue weighted by Crippen LogP contribution is -2.15. The largest absolute Gasteiger partial charge is 0.494 e. The van der Waals surface area contributed by atoms with Crippen molar-refractivity contribution in [3.63, 3.8) is 0 Å². The summed E-state index contributed by atoms with van der Waals surface area (Å²) in [7, 11) is -3.34. The fourth-order valence-corrected chi connectivity index (χ4v) is 4.66. The molecule has 0 spiro atoms. The molecule has 0 fully saturated rings. The van der Waals surface area contributed by atoms with E-state index in [9.17, 15) is 13.7 Å². The zero-order chi connectivity index (χ0) is 21.0. The smallest absolute Gasteiger partial charge is 0.232 e. The van der Waals surface area contributed by atoms with E-state index in [2.05, 4.69) is 15.4 Å². The second kappa shape index (κ2) is 8.58. The van der Waals surface area contributed by atoms with Crippen LogP contribution in [0, 0.1) is 11.3 Å². The van der Waals surface area contributed by atoms with Crippen molar-refractivity contribution >= 4 is 26.6 Å². The van der Waals surface area contributed by atoms with Gasteiger partial charge in [0.15, 0.2) is 0 Å². The Hall–Kier alpha value is -2.98. The molecule has 0 unspecified atom stereocenters. The van der Waals surface area contributed by atoms with Gasteiger partial charge in [-0.25, -0.2) is 8.42 Å². The average Bonchev–Trinajstić information content (AvgIpc) is 3.01. The van der Waals surface area contributed by atoms with E-state index < -0.39 is 10.0 Å². The molecule has 2 aromatic carbocycles.